The number of carbonyl (C=O) groups is 2. The predicted molar refractivity (Wildman–Crippen MR) is 127 cm³/mol. The van der Waals surface area contributed by atoms with Crippen LogP contribution in [0.15, 0.2) is 30.3 Å². The SMILES string of the molecule is CCCCCCC(=O)N(CC)CC(=O)Nc1cc(C(C)(C)C)nn1-c1ccc(Cl)cc1. The van der Waals surface area contributed by atoms with Crippen molar-refractivity contribution in [3.63, 3.8) is 0 Å². The summed E-state index contributed by atoms with van der Waals surface area (Å²) in [6.45, 7) is 10.8. The Morgan fingerprint density at radius 1 is 1.10 bits per heavy atom. The van der Waals surface area contributed by atoms with E-state index in [0.717, 1.165) is 37.1 Å². The van der Waals surface area contributed by atoms with Gasteiger partial charge in [-0.3, -0.25) is 9.59 Å². The number of amides is 2. The summed E-state index contributed by atoms with van der Waals surface area (Å²) < 4.78 is 1.71. The zero-order valence-corrected chi connectivity index (χ0v) is 20.1. The molecule has 170 valence electrons. The van der Waals surface area contributed by atoms with E-state index in [9.17, 15) is 9.59 Å². The largest absolute Gasteiger partial charge is 0.334 e. The molecule has 1 aromatic heterocycles. The van der Waals surface area contributed by atoms with Gasteiger partial charge in [0.2, 0.25) is 11.8 Å². The molecule has 0 aliphatic heterocycles. The molecule has 0 aliphatic rings. The molecule has 0 radical (unpaired) electrons. The first kappa shape index (κ1) is 24.9. The number of rotatable bonds is 10. The van der Waals surface area contributed by atoms with Crippen LogP contribution in [0.1, 0.15) is 72.4 Å². The van der Waals surface area contributed by atoms with E-state index in [4.69, 9.17) is 16.7 Å². The first-order valence-electron chi connectivity index (χ1n) is 11.1. The molecule has 0 aliphatic carbocycles. The lowest BCUT2D eigenvalue weighted by atomic mass is 9.92. The molecule has 1 heterocycles. The summed E-state index contributed by atoms with van der Waals surface area (Å²) in [7, 11) is 0. The molecule has 31 heavy (non-hydrogen) atoms. The molecule has 0 saturated heterocycles. The fourth-order valence-electron chi connectivity index (χ4n) is 3.21. The van der Waals surface area contributed by atoms with E-state index in [2.05, 4.69) is 33.0 Å². The van der Waals surface area contributed by atoms with Gasteiger partial charge in [0.05, 0.1) is 17.9 Å². The predicted octanol–water partition coefficient (Wildman–Crippen LogP) is 5.58. The van der Waals surface area contributed by atoms with Gasteiger partial charge in [-0.1, -0.05) is 58.6 Å². The molecule has 0 fully saturated rings. The minimum absolute atomic E-state index is 0.0235. The molecule has 0 unspecified atom stereocenters. The van der Waals surface area contributed by atoms with Crippen LogP contribution in [-0.4, -0.2) is 39.6 Å². The van der Waals surface area contributed by atoms with Crippen molar-refractivity contribution in [3.8, 4) is 5.69 Å². The standard InChI is InChI=1S/C24H35ClN4O2/c1-6-8-9-10-11-23(31)28(7-2)17-22(30)26-21-16-20(24(3,4)5)27-29(21)19-14-12-18(25)13-15-19/h12-16H,6-11,17H2,1-5H3,(H,26,30). The number of anilines is 1. The van der Waals surface area contributed by atoms with Crippen molar-refractivity contribution in [1.29, 1.82) is 0 Å². The maximum absolute atomic E-state index is 12.8. The summed E-state index contributed by atoms with van der Waals surface area (Å²) in [5, 5.41) is 8.28. The van der Waals surface area contributed by atoms with Gasteiger partial charge in [-0.05, 0) is 37.6 Å². The molecular formula is C24H35ClN4O2. The summed E-state index contributed by atoms with van der Waals surface area (Å²) in [5.74, 6) is 0.360. The van der Waals surface area contributed by atoms with Crippen LogP contribution < -0.4 is 5.32 Å². The second kappa shape index (κ2) is 11.3. The van der Waals surface area contributed by atoms with Crippen LogP contribution in [0.25, 0.3) is 5.69 Å². The number of halogens is 1. The van der Waals surface area contributed by atoms with Crippen molar-refractivity contribution in [1.82, 2.24) is 14.7 Å². The molecule has 6 nitrogen and oxygen atoms in total. The number of hydrogen-bond donors (Lipinski definition) is 1. The first-order valence-corrected chi connectivity index (χ1v) is 11.5. The third-order valence-corrected chi connectivity index (χ3v) is 5.38. The minimum atomic E-state index is -0.237. The maximum Gasteiger partial charge on any atom is 0.245 e. The lowest BCUT2D eigenvalue weighted by Crippen LogP contribution is -2.38. The summed E-state index contributed by atoms with van der Waals surface area (Å²) in [6, 6.07) is 9.18. The van der Waals surface area contributed by atoms with Crippen LogP contribution in [0, 0.1) is 0 Å². The number of likely N-dealkylation sites (N-methyl/N-ethyl adjacent to an activating group) is 1. The third-order valence-electron chi connectivity index (χ3n) is 5.13. The van der Waals surface area contributed by atoms with Crippen LogP contribution in [0.5, 0.6) is 0 Å². The normalized spacial score (nSPS) is 11.4. The Hall–Kier alpha value is -2.34. The highest BCUT2D eigenvalue weighted by Gasteiger charge is 2.22. The Balaban J connectivity index is 2.14. The Morgan fingerprint density at radius 3 is 2.35 bits per heavy atom. The van der Waals surface area contributed by atoms with Gasteiger partial charge >= 0.3 is 0 Å². The van der Waals surface area contributed by atoms with E-state index in [-0.39, 0.29) is 23.8 Å². The zero-order chi connectivity index (χ0) is 23.0. The van der Waals surface area contributed by atoms with Crippen molar-refractivity contribution in [2.75, 3.05) is 18.4 Å². The van der Waals surface area contributed by atoms with Gasteiger partial charge in [-0.15, -0.1) is 0 Å². The van der Waals surface area contributed by atoms with Crippen LogP contribution in [-0.2, 0) is 15.0 Å². The average molecular weight is 447 g/mol. The van der Waals surface area contributed by atoms with Gasteiger partial charge in [-0.2, -0.15) is 5.10 Å². The van der Waals surface area contributed by atoms with Crippen molar-refractivity contribution in [2.45, 2.75) is 72.1 Å². The van der Waals surface area contributed by atoms with Crippen molar-refractivity contribution in [3.05, 3.63) is 41.0 Å². The molecule has 0 saturated carbocycles. The van der Waals surface area contributed by atoms with Crippen LogP contribution in [0.3, 0.4) is 0 Å². The van der Waals surface area contributed by atoms with Crippen molar-refractivity contribution in [2.24, 2.45) is 0 Å². The van der Waals surface area contributed by atoms with Gasteiger partial charge in [0.1, 0.15) is 5.82 Å². The zero-order valence-electron chi connectivity index (χ0n) is 19.4. The molecule has 0 atom stereocenters. The monoisotopic (exact) mass is 446 g/mol. The second-order valence-corrected chi connectivity index (χ2v) is 9.26. The van der Waals surface area contributed by atoms with Crippen molar-refractivity contribution >= 4 is 29.2 Å². The molecule has 1 aromatic carbocycles. The van der Waals surface area contributed by atoms with E-state index < -0.39 is 0 Å². The topological polar surface area (TPSA) is 67.2 Å². The smallest absolute Gasteiger partial charge is 0.245 e. The molecule has 2 aromatic rings. The molecule has 1 N–H and O–H groups in total. The van der Waals surface area contributed by atoms with E-state index in [1.165, 1.54) is 0 Å². The van der Waals surface area contributed by atoms with Gasteiger partial charge in [-0.25, -0.2) is 4.68 Å². The number of nitrogens with one attached hydrogen (secondary N) is 1. The highest BCUT2D eigenvalue weighted by molar-refractivity contribution is 6.30. The summed E-state index contributed by atoms with van der Waals surface area (Å²) >= 11 is 6.02. The number of unbranched alkanes of at least 4 members (excludes halogenated alkanes) is 3. The van der Waals surface area contributed by atoms with Gasteiger partial charge in [0.15, 0.2) is 0 Å². The minimum Gasteiger partial charge on any atom is -0.334 e. The van der Waals surface area contributed by atoms with Crippen molar-refractivity contribution < 1.29 is 9.59 Å². The Bertz CT molecular complexity index is 869. The van der Waals surface area contributed by atoms with Crippen LogP contribution in [0.2, 0.25) is 5.02 Å². The number of carbonyl (C=O) groups excluding carboxylic acids is 2. The Morgan fingerprint density at radius 2 is 1.77 bits per heavy atom. The van der Waals surface area contributed by atoms with Gasteiger partial charge < -0.3 is 10.2 Å². The van der Waals surface area contributed by atoms with E-state index in [1.807, 2.05) is 25.1 Å². The number of aromatic nitrogens is 2. The van der Waals surface area contributed by atoms with E-state index in [0.29, 0.717) is 23.8 Å². The molecule has 0 bridgehead atoms. The fraction of sp³-hybridized carbons (Fsp3) is 0.542. The van der Waals surface area contributed by atoms with E-state index >= 15 is 0 Å². The second-order valence-electron chi connectivity index (χ2n) is 8.82. The van der Waals surface area contributed by atoms with Crippen LogP contribution >= 0.6 is 11.6 Å². The van der Waals surface area contributed by atoms with Gasteiger partial charge in [0.25, 0.3) is 0 Å². The highest BCUT2D eigenvalue weighted by atomic mass is 35.5. The summed E-state index contributed by atoms with van der Waals surface area (Å²) in [4.78, 5) is 26.9. The number of benzene rings is 1. The third kappa shape index (κ3) is 7.39. The molecule has 2 amide bonds. The summed E-state index contributed by atoms with van der Waals surface area (Å²) in [5.41, 5.74) is 1.48. The van der Waals surface area contributed by atoms with E-state index in [1.54, 1.807) is 21.7 Å². The highest BCUT2D eigenvalue weighted by Crippen LogP contribution is 2.26. The van der Waals surface area contributed by atoms with Crippen LogP contribution in [0.4, 0.5) is 5.82 Å². The maximum atomic E-state index is 12.8. The fourth-order valence-corrected chi connectivity index (χ4v) is 3.33. The Labute approximate surface area is 191 Å². The molecule has 2 rings (SSSR count). The molecule has 7 heteroatoms. The van der Waals surface area contributed by atoms with Gasteiger partial charge in [0, 0.05) is 29.5 Å². The lowest BCUT2D eigenvalue weighted by Gasteiger charge is -2.20. The molecule has 0 spiro atoms. The number of hydrogen-bond acceptors (Lipinski definition) is 3. The Kier molecular flexibility index (Phi) is 9.11. The first-order chi connectivity index (χ1) is 14.7. The lowest BCUT2D eigenvalue weighted by molar-refractivity contribution is -0.134. The molecular weight excluding hydrogens is 412 g/mol. The number of nitrogens with zero attached hydrogens (tertiary/aromatic N) is 3. The average Bonchev–Trinajstić information content (AvgIpc) is 3.14. The quantitative estimate of drug-likeness (QED) is 0.484. The summed E-state index contributed by atoms with van der Waals surface area (Å²) in [6.07, 6.45) is 4.65.